The molecule has 2 aromatic rings. The van der Waals surface area contributed by atoms with E-state index in [4.69, 9.17) is 0 Å². The largest absolute Gasteiger partial charge is 0.368 e. The van der Waals surface area contributed by atoms with E-state index in [1.165, 1.54) is 11.3 Å². The van der Waals surface area contributed by atoms with Crippen LogP contribution in [0.5, 0.6) is 0 Å². The van der Waals surface area contributed by atoms with Gasteiger partial charge in [-0.15, -0.1) is 0 Å². The average Bonchev–Trinajstić information content (AvgIpc) is 2.63. The van der Waals surface area contributed by atoms with Gasteiger partial charge in [0, 0.05) is 42.0 Å². The minimum atomic E-state index is -0.0188. The van der Waals surface area contributed by atoms with Crippen molar-refractivity contribution in [2.45, 2.75) is 13.3 Å². The number of urea groups is 1. The fraction of sp³-hybridized carbons (Fsp3) is 0.316. The van der Waals surface area contributed by atoms with Crippen LogP contribution < -0.4 is 10.2 Å². The molecule has 0 aromatic heterocycles. The van der Waals surface area contributed by atoms with Crippen molar-refractivity contribution in [3.05, 3.63) is 58.6 Å². The van der Waals surface area contributed by atoms with Gasteiger partial charge < -0.3 is 15.1 Å². The van der Waals surface area contributed by atoms with Gasteiger partial charge in [0.2, 0.25) is 0 Å². The maximum Gasteiger partial charge on any atom is 0.321 e. The molecule has 3 rings (SSSR count). The highest BCUT2D eigenvalue weighted by atomic mass is 79.9. The summed E-state index contributed by atoms with van der Waals surface area (Å²) in [5, 5.41) is 2.99. The molecule has 0 bridgehead atoms. The van der Waals surface area contributed by atoms with E-state index in [0.717, 1.165) is 42.8 Å². The van der Waals surface area contributed by atoms with Gasteiger partial charge in [0.15, 0.2) is 0 Å². The highest BCUT2D eigenvalue weighted by Gasteiger charge is 2.21. The third-order valence-corrected chi connectivity index (χ3v) is 4.90. The van der Waals surface area contributed by atoms with E-state index in [2.05, 4.69) is 57.3 Å². The van der Waals surface area contributed by atoms with Gasteiger partial charge in [0.05, 0.1) is 0 Å². The zero-order chi connectivity index (χ0) is 16.9. The van der Waals surface area contributed by atoms with E-state index in [-0.39, 0.29) is 6.03 Å². The van der Waals surface area contributed by atoms with Crippen molar-refractivity contribution in [3.63, 3.8) is 0 Å². The van der Waals surface area contributed by atoms with Crippen molar-refractivity contribution in [1.29, 1.82) is 0 Å². The van der Waals surface area contributed by atoms with Gasteiger partial charge in [-0.3, -0.25) is 0 Å². The van der Waals surface area contributed by atoms with Gasteiger partial charge in [0.1, 0.15) is 0 Å². The smallest absolute Gasteiger partial charge is 0.321 e. The first kappa shape index (κ1) is 16.8. The molecule has 0 spiro atoms. The number of hydrogen-bond acceptors (Lipinski definition) is 2. The number of nitrogens with one attached hydrogen (secondary N) is 1. The number of hydrogen-bond donors (Lipinski definition) is 1. The minimum absolute atomic E-state index is 0.0188. The van der Waals surface area contributed by atoms with E-state index >= 15 is 0 Å². The van der Waals surface area contributed by atoms with Gasteiger partial charge in [-0.2, -0.15) is 0 Å². The molecule has 4 nitrogen and oxygen atoms in total. The summed E-state index contributed by atoms with van der Waals surface area (Å²) in [5.41, 5.74) is 3.33. The zero-order valence-electron chi connectivity index (χ0n) is 13.8. The Bertz CT molecular complexity index is 677. The summed E-state index contributed by atoms with van der Waals surface area (Å²) in [6, 6.07) is 16.3. The van der Waals surface area contributed by atoms with Crippen LogP contribution in [0.3, 0.4) is 0 Å². The summed E-state index contributed by atoms with van der Waals surface area (Å²) in [4.78, 5) is 16.6. The lowest BCUT2D eigenvalue weighted by Crippen LogP contribution is -2.50. The van der Waals surface area contributed by atoms with Gasteiger partial charge in [-0.05, 0) is 48.4 Å². The fourth-order valence-electron chi connectivity index (χ4n) is 2.85. The third kappa shape index (κ3) is 4.09. The van der Waals surface area contributed by atoms with Crippen molar-refractivity contribution in [2.75, 3.05) is 36.4 Å². The molecule has 24 heavy (non-hydrogen) atoms. The Morgan fingerprint density at radius 2 is 1.62 bits per heavy atom. The molecule has 126 valence electrons. The molecule has 1 aliphatic heterocycles. The van der Waals surface area contributed by atoms with E-state index in [9.17, 15) is 4.79 Å². The number of carbonyl (C=O) groups excluding carboxylic acids is 1. The fourth-order valence-corrected chi connectivity index (χ4v) is 3.11. The number of amides is 2. The van der Waals surface area contributed by atoms with Crippen LogP contribution in [0, 0.1) is 0 Å². The molecule has 0 atom stereocenters. The standard InChI is InChI=1S/C19H22BrN3O/c1-2-15-3-7-17(8-4-15)21-19(24)23-13-11-22(12-14-23)18-9-5-16(20)6-10-18/h3-10H,2,11-14H2,1H3,(H,21,24). The van der Waals surface area contributed by atoms with Crippen LogP contribution in [0.4, 0.5) is 16.2 Å². The first-order valence-corrected chi connectivity index (χ1v) is 9.10. The predicted octanol–water partition coefficient (Wildman–Crippen LogP) is 4.37. The number of benzene rings is 2. The molecule has 1 heterocycles. The molecule has 1 N–H and O–H groups in total. The van der Waals surface area contributed by atoms with Crippen molar-refractivity contribution in [1.82, 2.24) is 4.90 Å². The lowest BCUT2D eigenvalue weighted by molar-refractivity contribution is 0.208. The lowest BCUT2D eigenvalue weighted by Gasteiger charge is -2.36. The summed E-state index contributed by atoms with van der Waals surface area (Å²) in [7, 11) is 0. The van der Waals surface area contributed by atoms with E-state index < -0.39 is 0 Å². The molecule has 1 fully saturated rings. The second-order valence-corrected chi connectivity index (χ2v) is 6.85. The lowest BCUT2D eigenvalue weighted by atomic mass is 10.1. The van der Waals surface area contributed by atoms with E-state index in [1.54, 1.807) is 0 Å². The number of halogens is 1. The Labute approximate surface area is 151 Å². The van der Waals surface area contributed by atoms with Crippen molar-refractivity contribution in [3.8, 4) is 0 Å². The first-order chi connectivity index (χ1) is 11.7. The summed E-state index contributed by atoms with van der Waals surface area (Å²) >= 11 is 3.46. The summed E-state index contributed by atoms with van der Waals surface area (Å²) < 4.78 is 1.08. The van der Waals surface area contributed by atoms with Crippen molar-refractivity contribution in [2.24, 2.45) is 0 Å². The third-order valence-electron chi connectivity index (χ3n) is 4.37. The maximum absolute atomic E-state index is 12.4. The molecule has 5 heteroatoms. The summed E-state index contributed by atoms with van der Waals surface area (Å²) in [6.07, 6.45) is 1.01. The quantitative estimate of drug-likeness (QED) is 0.848. The molecule has 1 aliphatic rings. The van der Waals surface area contributed by atoms with Crippen LogP contribution >= 0.6 is 15.9 Å². The van der Waals surface area contributed by atoms with Crippen LogP contribution in [0.25, 0.3) is 0 Å². The normalized spacial score (nSPS) is 14.6. The number of rotatable bonds is 3. The van der Waals surface area contributed by atoms with Gasteiger partial charge >= 0.3 is 6.03 Å². The molecule has 2 aromatic carbocycles. The summed E-state index contributed by atoms with van der Waals surface area (Å²) in [6.45, 7) is 5.29. The average molecular weight is 388 g/mol. The molecule has 0 saturated carbocycles. The molecule has 0 radical (unpaired) electrons. The molecule has 0 unspecified atom stereocenters. The second-order valence-electron chi connectivity index (χ2n) is 5.93. The predicted molar refractivity (Wildman–Crippen MR) is 103 cm³/mol. The summed E-state index contributed by atoms with van der Waals surface area (Å²) in [5.74, 6) is 0. The van der Waals surface area contributed by atoms with Crippen molar-refractivity contribution < 1.29 is 4.79 Å². The molecule has 1 saturated heterocycles. The SMILES string of the molecule is CCc1ccc(NC(=O)N2CCN(c3ccc(Br)cc3)CC2)cc1. The first-order valence-electron chi connectivity index (χ1n) is 8.31. The Hall–Kier alpha value is -2.01. The topological polar surface area (TPSA) is 35.6 Å². The van der Waals surface area contributed by atoms with Gasteiger partial charge in [-0.1, -0.05) is 35.0 Å². The Morgan fingerprint density at radius 3 is 2.21 bits per heavy atom. The van der Waals surface area contributed by atoms with E-state index in [0.29, 0.717) is 0 Å². The van der Waals surface area contributed by atoms with Crippen LogP contribution in [0.2, 0.25) is 0 Å². The van der Waals surface area contributed by atoms with Crippen molar-refractivity contribution >= 4 is 33.3 Å². The Kier molecular flexibility index (Phi) is 5.41. The van der Waals surface area contributed by atoms with E-state index in [1.807, 2.05) is 29.2 Å². The number of carbonyl (C=O) groups is 1. The highest BCUT2D eigenvalue weighted by Crippen LogP contribution is 2.20. The Morgan fingerprint density at radius 1 is 1.00 bits per heavy atom. The number of nitrogens with zero attached hydrogens (tertiary/aromatic N) is 2. The molecule has 2 amide bonds. The number of anilines is 2. The highest BCUT2D eigenvalue weighted by molar-refractivity contribution is 9.10. The monoisotopic (exact) mass is 387 g/mol. The van der Waals surface area contributed by atoms with Crippen LogP contribution in [-0.2, 0) is 6.42 Å². The molecular weight excluding hydrogens is 366 g/mol. The van der Waals surface area contributed by atoms with Crippen LogP contribution in [0.1, 0.15) is 12.5 Å². The second kappa shape index (κ2) is 7.71. The minimum Gasteiger partial charge on any atom is -0.368 e. The maximum atomic E-state index is 12.4. The number of piperazine rings is 1. The van der Waals surface area contributed by atoms with Crippen LogP contribution in [0.15, 0.2) is 53.0 Å². The Balaban J connectivity index is 1.53. The molecule has 0 aliphatic carbocycles. The van der Waals surface area contributed by atoms with Gasteiger partial charge in [0.25, 0.3) is 0 Å². The van der Waals surface area contributed by atoms with Crippen LogP contribution in [-0.4, -0.2) is 37.1 Å². The van der Waals surface area contributed by atoms with Gasteiger partial charge in [-0.25, -0.2) is 4.79 Å². The number of aryl methyl sites for hydroxylation is 1. The molecular formula is C19H22BrN3O. The zero-order valence-corrected chi connectivity index (χ0v) is 15.4.